The molecule has 1 atom stereocenters. The van der Waals surface area contributed by atoms with Crippen molar-refractivity contribution in [3.63, 3.8) is 0 Å². The second-order valence-corrected chi connectivity index (χ2v) is 9.43. The monoisotopic (exact) mass is 432 g/mol. The second-order valence-electron chi connectivity index (χ2n) is 7.49. The van der Waals surface area contributed by atoms with Gasteiger partial charge in [-0.3, -0.25) is 9.97 Å². The lowest BCUT2D eigenvalue weighted by molar-refractivity contribution is 0.189. The van der Waals surface area contributed by atoms with E-state index in [0.29, 0.717) is 24.2 Å². The van der Waals surface area contributed by atoms with Crippen molar-refractivity contribution in [3.05, 3.63) is 73.2 Å². The van der Waals surface area contributed by atoms with Crippen LogP contribution in [0.2, 0.25) is 0 Å². The minimum absolute atomic E-state index is 0.127. The molecule has 8 heteroatoms. The third kappa shape index (κ3) is 3.69. The normalized spacial score (nSPS) is 17.3. The molecule has 3 aromatic heterocycles. The van der Waals surface area contributed by atoms with Crippen molar-refractivity contribution in [2.24, 2.45) is 0 Å². The average Bonchev–Trinajstić information content (AvgIpc) is 3.26. The van der Waals surface area contributed by atoms with Gasteiger partial charge in [-0.1, -0.05) is 12.1 Å². The largest absolute Gasteiger partial charge is 0.392 e. The van der Waals surface area contributed by atoms with E-state index in [2.05, 4.69) is 9.97 Å². The van der Waals surface area contributed by atoms with Crippen LogP contribution in [0.3, 0.4) is 0 Å². The molecule has 0 saturated carbocycles. The molecule has 0 aliphatic carbocycles. The molecule has 0 bridgehead atoms. The number of aliphatic hydroxyl groups is 1. The number of rotatable bonds is 4. The first-order valence-electron chi connectivity index (χ1n) is 9.97. The van der Waals surface area contributed by atoms with Gasteiger partial charge in [-0.05, 0) is 54.4 Å². The standard InChI is InChI=1S/C23H20N4O3S/c28-18-9-13-27(15-18)31(29,30)19-3-1-2-17(14-19)21-4-5-22-23(26-21)20(8-12-25-22)16-6-10-24-11-7-16/h1-8,10-12,14,18,28H,9,13,15H2/t18-/m0/s1. The second kappa shape index (κ2) is 7.81. The number of nitrogens with zero attached hydrogens (tertiary/aromatic N) is 4. The van der Waals surface area contributed by atoms with Gasteiger partial charge in [0.1, 0.15) is 0 Å². The van der Waals surface area contributed by atoms with E-state index in [0.717, 1.165) is 22.2 Å². The molecule has 4 heterocycles. The van der Waals surface area contributed by atoms with Crippen LogP contribution in [0.15, 0.2) is 78.1 Å². The first kappa shape index (κ1) is 19.7. The first-order valence-corrected chi connectivity index (χ1v) is 11.4. The Morgan fingerprint density at radius 2 is 1.81 bits per heavy atom. The van der Waals surface area contributed by atoms with Gasteiger partial charge in [0.05, 0.1) is 27.7 Å². The van der Waals surface area contributed by atoms with Crippen LogP contribution in [0.25, 0.3) is 33.4 Å². The van der Waals surface area contributed by atoms with E-state index in [-0.39, 0.29) is 11.4 Å². The van der Waals surface area contributed by atoms with Crippen LogP contribution in [0.4, 0.5) is 0 Å². The van der Waals surface area contributed by atoms with Crippen molar-refractivity contribution < 1.29 is 13.5 Å². The molecule has 1 saturated heterocycles. The minimum Gasteiger partial charge on any atom is -0.392 e. The average molecular weight is 433 g/mol. The molecule has 4 aromatic rings. The lowest BCUT2D eigenvalue weighted by Gasteiger charge is -2.16. The molecule has 1 aliphatic heterocycles. The fourth-order valence-corrected chi connectivity index (χ4v) is 5.38. The van der Waals surface area contributed by atoms with Crippen LogP contribution < -0.4 is 0 Å². The van der Waals surface area contributed by atoms with Gasteiger partial charge < -0.3 is 5.11 Å². The van der Waals surface area contributed by atoms with Crippen molar-refractivity contribution in [2.75, 3.05) is 13.1 Å². The summed E-state index contributed by atoms with van der Waals surface area (Å²) in [6.45, 7) is 0.449. The number of sulfonamides is 1. The Morgan fingerprint density at radius 1 is 0.968 bits per heavy atom. The maximum Gasteiger partial charge on any atom is 0.243 e. The summed E-state index contributed by atoms with van der Waals surface area (Å²) in [6.07, 6.45) is 5.05. The molecule has 0 radical (unpaired) electrons. The molecule has 1 N–H and O–H groups in total. The van der Waals surface area contributed by atoms with E-state index in [4.69, 9.17) is 4.98 Å². The predicted molar refractivity (Wildman–Crippen MR) is 118 cm³/mol. The molecular weight excluding hydrogens is 412 g/mol. The van der Waals surface area contributed by atoms with Gasteiger partial charge in [-0.2, -0.15) is 4.31 Å². The summed E-state index contributed by atoms with van der Waals surface area (Å²) in [5, 5.41) is 9.74. The highest BCUT2D eigenvalue weighted by Crippen LogP contribution is 2.30. The molecule has 1 fully saturated rings. The van der Waals surface area contributed by atoms with E-state index in [9.17, 15) is 13.5 Å². The van der Waals surface area contributed by atoms with E-state index in [1.165, 1.54) is 4.31 Å². The number of benzene rings is 1. The third-order valence-corrected chi connectivity index (χ3v) is 7.33. The van der Waals surface area contributed by atoms with Crippen LogP contribution >= 0.6 is 0 Å². The Hall–Kier alpha value is -3.20. The molecule has 0 spiro atoms. The van der Waals surface area contributed by atoms with Crippen molar-refractivity contribution in [1.82, 2.24) is 19.3 Å². The zero-order valence-electron chi connectivity index (χ0n) is 16.6. The number of aliphatic hydroxyl groups excluding tert-OH is 1. The van der Waals surface area contributed by atoms with E-state index in [1.807, 2.05) is 36.4 Å². The maximum atomic E-state index is 13.0. The van der Waals surface area contributed by atoms with Gasteiger partial charge in [0.25, 0.3) is 0 Å². The highest BCUT2D eigenvalue weighted by Gasteiger charge is 2.31. The van der Waals surface area contributed by atoms with Crippen molar-refractivity contribution in [2.45, 2.75) is 17.4 Å². The Balaban J connectivity index is 1.58. The molecule has 5 rings (SSSR count). The molecular formula is C23H20N4O3S. The maximum absolute atomic E-state index is 13.0. The summed E-state index contributed by atoms with van der Waals surface area (Å²) >= 11 is 0. The van der Waals surface area contributed by atoms with Gasteiger partial charge in [0.15, 0.2) is 0 Å². The Morgan fingerprint density at radius 3 is 2.58 bits per heavy atom. The molecule has 156 valence electrons. The van der Waals surface area contributed by atoms with Gasteiger partial charge in [0.2, 0.25) is 10.0 Å². The molecule has 1 aromatic carbocycles. The number of aromatic nitrogens is 3. The Kier molecular flexibility index (Phi) is 4.97. The molecule has 0 unspecified atom stereocenters. The van der Waals surface area contributed by atoms with Gasteiger partial charge in [-0.25, -0.2) is 13.4 Å². The highest BCUT2D eigenvalue weighted by atomic mass is 32.2. The summed E-state index contributed by atoms with van der Waals surface area (Å²) in [5.74, 6) is 0. The van der Waals surface area contributed by atoms with Gasteiger partial charge >= 0.3 is 0 Å². The van der Waals surface area contributed by atoms with Crippen molar-refractivity contribution in [1.29, 1.82) is 0 Å². The van der Waals surface area contributed by atoms with E-state index < -0.39 is 16.1 Å². The summed E-state index contributed by atoms with van der Waals surface area (Å²) in [4.78, 5) is 13.5. The first-order chi connectivity index (χ1) is 15.0. The number of fused-ring (bicyclic) bond motifs is 1. The number of β-amino-alcohol motifs (C(OH)–C–C–N with tert-alkyl or cyclic N) is 1. The zero-order chi connectivity index (χ0) is 21.4. The van der Waals surface area contributed by atoms with Crippen LogP contribution in [-0.4, -0.2) is 52.0 Å². The van der Waals surface area contributed by atoms with Crippen molar-refractivity contribution >= 4 is 21.1 Å². The minimum atomic E-state index is -3.67. The van der Waals surface area contributed by atoms with E-state index >= 15 is 0 Å². The van der Waals surface area contributed by atoms with Crippen LogP contribution in [0.1, 0.15) is 6.42 Å². The Labute approximate surface area is 180 Å². The Bertz CT molecular complexity index is 1360. The fourth-order valence-electron chi connectivity index (χ4n) is 3.84. The molecule has 7 nitrogen and oxygen atoms in total. The lowest BCUT2D eigenvalue weighted by Crippen LogP contribution is -2.29. The van der Waals surface area contributed by atoms with Crippen LogP contribution in [0.5, 0.6) is 0 Å². The summed E-state index contributed by atoms with van der Waals surface area (Å²) in [6, 6.07) is 16.3. The number of hydrogen-bond acceptors (Lipinski definition) is 6. The molecule has 0 amide bonds. The number of hydrogen-bond donors (Lipinski definition) is 1. The van der Waals surface area contributed by atoms with E-state index in [1.54, 1.807) is 36.8 Å². The van der Waals surface area contributed by atoms with Gasteiger partial charge in [-0.15, -0.1) is 0 Å². The van der Waals surface area contributed by atoms with Crippen LogP contribution in [-0.2, 0) is 10.0 Å². The smallest absolute Gasteiger partial charge is 0.243 e. The topological polar surface area (TPSA) is 96.3 Å². The predicted octanol–water partition coefficient (Wildman–Crippen LogP) is 3.11. The SMILES string of the molecule is O=S(=O)(c1cccc(-c2ccc3nccc(-c4ccncc4)c3n2)c1)N1CC[C@H](O)C1. The third-order valence-electron chi connectivity index (χ3n) is 5.47. The summed E-state index contributed by atoms with van der Waals surface area (Å²) in [7, 11) is -3.67. The molecule has 31 heavy (non-hydrogen) atoms. The summed E-state index contributed by atoms with van der Waals surface area (Å²) in [5.41, 5.74) is 4.77. The molecule has 1 aliphatic rings. The van der Waals surface area contributed by atoms with Crippen molar-refractivity contribution in [3.8, 4) is 22.4 Å². The zero-order valence-corrected chi connectivity index (χ0v) is 17.4. The van der Waals surface area contributed by atoms with Crippen LogP contribution in [0, 0.1) is 0 Å². The lowest BCUT2D eigenvalue weighted by atomic mass is 10.0. The summed E-state index contributed by atoms with van der Waals surface area (Å²) < 4.78 is 27.3. The fraction of sp³-hybridized carbons (Fsp3) is 0.174. The van der Waals surface area contributed by atoms with Gasteiger partial charge in [0, 0.05) is 42.8 Å². The quantitative estimate of drug-likeness (QED) is 0.532. The highest BCUT2D eigenvalue weighted by molar-refractivity contribution is 7.89. The number of pyridine rings is 3.